The molecule has 1 atom stereocenters. The van der Waals surface area contributed by atoms with Crippen LogP contribution in [0.2, 0.25) is 0 Å². The molecule has 6 nitrogen and oxygen atoms in total. The number of amides is 1. The fraction of sp³-hybridized carbons (Fsp3) is 0.167. The van der Waals surface area contributed by atoms with Gasteiger partial charge in [0.15, 0.2) is 4.34 Å². The number of nitrogens with zero attached hydrogens (tertiary/aromatic N) is 2. The first-order valence-electron chi connectivity index (χ1n) is 7.86. The van der Waals surface area contributed by atoms with Crippen molar-refractivity contribution >= 4 is 34.1 Å². The van der Waals surface area contributed by atoms with Gasteiger partial charge in [0.2, 0.25) is 11.0 Å². The molecule has 0 unspecified atom stereocenters. The van der Waals surface area contributed by atoms with Gasteiger partial charge in [-0.15, -0.1) is 10.2 Å². The minimum absolute atomic E-state index is 0.0894. The molecule has 0 radical (unpaired) electrons. The van der Waals surface area contributed by atoms with Crippen molar-refractivity contribution in [1.82, 2.24) is 15.5 Å². The van der Waals surface area contributed by atoms with Crippen molar-refractivity contribution in [3.8, 4) is 5.75 Å². The molecule has 0 fully saturated rings. The Morgan fingerprint density at radius 2 is 1.85 bits per heavy atom. The second kappa shape index (κ2) is 8.68. The summed E-state index contributed by atoms with van der Waals surface area (Å²) in [6.45, 7) is 0. The summed E-state index contributed by atoms with van der Waals surface area (Å²) in [4.78, 5) is 12.5. The Balaban J connectivity index is 1.73. The lowest BCUT2D eigenvalue weighted by molar-refractivity contribution is -0.119. The first-order valence-corrected chi connectivity index (χ1v) is 9.66. The lowest BCUT2D eigenvalue weighted by Crippen LogP contribution is -2.30. The summed E-state index contributed by atoms with van der Waals surface area (Å²) in [5.74, 6) is 0.929. The van der Waals surface area contributed by atoms with E-state index >= 15 is 0 Å². The second-order valence-corrected chi connectivity index (χ2v) is 7.61. The van der Waals surface area contributed by atoms with Gasteiger partial charge >= 0.3 is 0 Å². The number of benzene rings is 2. The Bertz CT molecular complexity index is 853. The van der Waals surface area contributed by atoms with Gasteiger partial charge in [0.25, 0.3) is 0 Å². The van der Waals surface area contributed by atoms with Crippen LogP contribution in [0.5, 0.6) is 5.75 Å². The minimum Gasteiger partial charge on any atom is -0.497 e. The van der Waals surface area contributed by atoms with Crippen molar-refractivity contribution in [2.75, 3.05) is 18.6 Å². The van der Waals surface area contributed by atoms with Crippen molar-refractivity contribution in [3.05, 3.63) is 65.7 Å². The molecule has 0 aliphatic rings. The molecule has 3 N–H and O–H groups in total. The SMILES string of the molecule is COc1ccc([C@H](NC(=O)CSc2nnc(N)s2)c2ccccc2)cc1. The van der Waals surface area contributed by atoms with Crippen LogP contribution in [0, 0.1) is 0 Å². The lowest BCUT2D eigenvalue weighted by Gasteiger charge is -2.20. The van der Waals surface area contributed by atoms with Crippen LogP contribution in [0.15, 0.2) is 58.9 Å². The van der Waals surface area contributed by atoms with E-state index in [1.54, 1.807) is 7.11 Å². The third-order valence-electron chi connectivity index (χ3n) is 3.64. The van der Waals surface area contributed by atoms with E-state index < -0.39 is 0 Å². The Hall–Kier alpha value is -2.58. The van der Waals surface area contributed by atoms with Gasteiger partial charge in [0.1, 0.15) is 5.75 Å². The zero-order valence-electron chi connectivity index (χ0n) is 14.1. The summed E-state index contributed by atoms with van der Waals surface area (Å²) >= 11 is 2.59. The van der Waals surface area contributed by atoms with Crippen molar-refractivity contribution in [2.45, 2.75) is 10.4 Å². The quantitative estimate of drug-likeness (QED) is 0.607. The predicted octanol–water partition coefficient (Wildman–Crippen LogP) is 3.13. The smallest absolute Gasteiger partial charge is 0.231 e. The third-order valence-corrected chi connectivity index (χ3v) is 5.52. The highest BCUT2D eigenvalue weighted by Crippen LogP contribution is 2.26. The van der Waals surface area contributed by atoms with Gasteiger partial charge in [-0.3, -0.25) is 4.79 Å². The topological polar surface area (TPSA) is 90.1 Å². The fourth-order valence-corrected chi connectivity index (χ4v) is 3.86. The molecular formula is C18H18N4O2S2. The number of methoxy groups -OCH3 is 1. The molecule has 0 aliphatic heterocycles. The van der Waals surface area contributed by atoms with E-state index in [1.165, 1.54) is 23.1 Å². The molecule has 8 heteroatoms. The van der Waals surface area contributed by atoms with Crippen molar-refractivity contribution in [3.63, 3.8) is 0 Å². The van der Waals surface area contributed by atoms with Crippen molar-refractivity contribution in [2.24, 2.45) is 0 Å². The maximum Gasteiger partial charge on any atom is 0.231 e. The monoisotopic (exact) mass is 386 g/mol. The van der Waals surface area contributed by atoms with Crippen LogP contribution >= 0.6 is 23.1 Å². The van der Waals surface area contributed by atoms with Gasteiger partial charge in [0.05, 0.1) is 18.9 Å². The Morgan fingerprint density at radius 1 is 1.15 bits per heavy atom. The van der Waals surface area contributed by atoms with E-state index in [-0.39, 0.29) is 17.7 Å². The van der Waals surface area contributed by atoms with Gasteiger partial charge in [-0.25, -0.2) is 0 Å². The third kappa shape index (κ3) is 4.74. The maximum atomic E-state index is 12.5. The number of thioether (sulfide) groups is 1. The predicted molar refractivity (Wildman–Crippen MR) is 104 cm³/mol. The van der Waals surface area contributed by atoms with Crippen LogP contribution in [0.25, 0.3) is 0 Å². The van der Waals surface area contributed by atoms with E-state index in [1.807, 2.05) is 54.6 Å². The van der Waals surface area contributed by atoms with Crippen molar-refractivity contribution in [1.29, 1.82) is 0 Å². The molecule has 3 rings (SSSR count). The molecule has 134 valence electrons. The standard InChI is InChI=1S/C18H18N4O2S2/c1-24-14-9-7-13(8-10-14)16(12-5-3-2-4-6-12)20-15(23)11-25-18-22-21-17(19)26-18/h2-10,16H,11H2,1H3,(H2,19,21)(H,20,23)/t16-/m1/s1. The maximum absolute atomic E-state index is 12.5. The van der Waals surface area contributed by atoms with E-state index in [0.717, 1.165) is 16.9 Å². The van der Waals surface area contributed by atoms with E-state index in [4.69, 9.17) is 10.5 Å². The number of carbonyl (C=O) groups excluding carboxylic acids is 1. The van der Waals surface area contributed by atoms with Crippen LogP contribution in [0.3, 0.4) is 0 Å². The minimum atomic E-state index is -0.241. The average Bonchev–Trinajstić information content (AvgIpc) is 3.10. The molecule has 1 aromatic heterocycles. The van der Waals surface area contributed by atoms with Gasteiger partial charge in [-0.05, 0) is 23.3 Å². The zero-order valence-corrected chi connectivity index (χ0v) is 15.7. The first kappa shape index (κ1) is 18.2. The normalized spacial score (nSPS) is 11.7. The second-order valence-electron chi connectivity index (χ2n) is 5.38. The van der Waals surface area contributed by atoms with Gasteiger partial charge in [-0.1, -0.05) is 65.6 Å². The zero-order chi connectivity index (χ0) is 18.4. The molecule has 0 bridgehead atoms. The average molecular weight is 387 g/mol. The number of nitrogens with two attached hydrogens (primary N) is 1. The molecule has 0 spiro atoms. The van der Waals surface area contributed by atoms with Crippen LogP contribution in [-0.4, -0.2) is 29.0 Å². The number of aromatic nitrogens is 2. The Kier molecular flexibility index (Phi) is 6.08. The molecule has 0 saturated carbocycles. The summed E-state index contributed by atoms with van der Waals surface area (Å²) in [5, 5.41) is 11.1. The summed E-state index contributed by atoms with van der Waals surface area (Å²) in [6.07, 6.45) is 0. The number of hydrogen-bond acceptors (Lipinski definition) is 7. The van der Waals surface area contributed by atoms with Gasteiger partial charge < -0.3 is 15.8 Å². The van der Waals surface area contributed by atoms with Crippen LogP contribution < -0.4 is 15.8 Å². The molecule has 0 saturated heterocycles. The first-order chi connectivity index (χ1) is 12.7. The highest BCUT2D eigenvalue weighted by atomic mass is 32.2. The summed E-state index contributed by atoms with van der Waals surface area (Å²) < 4.78 is 5.89. The van der Waals surface area contributed by atoms with Crippen LogP contribution in [-0.2, 0) is 4.79 Å². The van der Waals surface area contributed by atoms with Gasteiger partial charge in [-0.2, -0.15) is 0 Å². The van der Waals surface area contributed by atoms with Gasteiger partial charge in [0, 0.05) is 0 Å². The molecule has 3 aromatic rings. The summed E-state index contributed by atoms with van der Waals surface area (Å²) in [5.41, 5.74) is 7.55. The summed E-state index contributed by atoms with van der Waals surface area (Å²) in [6, 6.07) is 17.3. The number of carbonyl (C=O) groups is 1. The summed E-state index contributed by atoms with van der Waals surface area (Å²) in [7, 11) is 1.63. The number of nitrogens with one attached hydrogen (secondary N) is 1. The molecule has 1 heterocycles. The number of rotatable bonds is 7. The molecule has 2 aromatic carbocycles. The fourth-order valence-electron chi connectivity index (χ4n) is 2.41. The number of hydrogen-bond donors (Lipinski definition) is 2. The number of ether oxygens (including phenoxy) is 1. The van der Waals surface area contributed by atoms with Crippen LogP contribution in [0.4, 0.5) is 5.13 Å². The van der Waals surface area contributed by atoms with E-state index in [0.29, 0.717) is 9.47 Å². The highest BCUT2D eigenvalue weighted by Gasteiger charge is 2.17. The largest absolute Gasteiger partial charge is 0.497 e. The van der Waals surface area contributed by atoms with Crippen molar-refractivity contribution < 1.29 is 9.53 Å². The van der Waals surface area contributed by atoms with E-state index in [2.05, 4.69) is 15.5 Å². The number of anilines is 1. The number of nitrogen functional groups attached to an aromatic ring is 1. The highest BCUT2D eigenvalue weighted by molar-refractivity contribution is 8.01. The van der Waals surface area contributed by atoms with Crippen LogP contribution in [0.1, 0.15) is 17.2 Å². The molecule has 26 heavy (non-hydrogen) atoms. The Morgan fingerprint density at radius 3 is 2.46 bits per heavy atom. The molecule has 1 amide bonds. The lowest BCUT2D eigenvalue weighted by atomic mass is 9.98. The molecule has 0 aliphatic carbocycles. The van der Waals surface area contributed by atoms with E-state index in [9.17, 15) is 4.79 Å². The Labute approximate surface area is 159 Å². The molecular weight excluding hydrogens is 368 g/mol.